The van der Waals surface area contributed by atoms with Gasteiger partial charge in [0.1, 0.15) is 12.4 Å². The lowest BCUT2D eigenvalue weighted by Crippen LogP contribution is -2.51. The summed E-state index contributed by atoms with van der Waals surface area (Å²) >= 11 is 0. The third-order valence-corrected chi connectivity index (χ3v) is 5.99. The smallest absolute Gasteiger partial charge is 0.317 e. The van der Waals surface area contributed by atoms with E-state index in [-0.39, 0.29) is 42.5 Å². The maximum atomic E-state index is 13.3. The summed E-state index contributed by atoms with van der Waals surface area (Å²) in [6.45, 7) is 9.50. The minimum absolute atomic E-state index is 0.00914. The second kappa shape index (κ2) is 13.2. The van der Waals surface area contributed by atoms with Crippen LogP contribution >= 0.6 is 0 Å². The van der Waals surface area contributed by atoms with Gasteiger partial charge in [0.15, 0.2) is 0 Å². The molecule has 1 aromatic carbocycles. The normalized spacial score (nSPS) is 21.6. The maximum Gasteiger partial charge on any atom is 0.317 e. The highest BCUT2D eigenvalue weighted by Crippen LogP contribution is 2.27. The molecule has 1 heterocycles. The van der Waals surface area contributed by atoms with Gasteiger partial charge < -0.3 is 29.9 Å². The Balaban J connectivity index is 2.40. The number of carbonyl (C=O) groups is 3. The number of rotatable bonds is 6. The molecule has 1 aromatic rings. The predicted octanol–water partition coefficient (Wildman–Crippen LogP) is 3.35. The van der Waals surface area contributed by atoms with Crippen LogP contribution in [0.15, 0.2) is 18.2 Å². The van der Waals surface area contributed by atoms with Gasteiger partial charge in [0.2, 0.25) is 5.91 Å². The molecule has 1 aliphatic rings. The molecule has 0 aromatic heterocycles. The number of urea groups is 1. The van der Waals surface area contributed by atoms with Gasteiger partial charge in [-0.05, 0) is 31.9 Å². The number of amides is 4. The van der Waals surface area contributed by atoms with Gasteiger partial charge in [-0.15, -0.1) is 0 Å². The minimum Gasteiger partial charge on any atom is -0.491 e. The molecule has 0 radical (unpaired) electrons. The Morgan fingerprint density at radius 2 is 1.91 bits per heavy atom. The van der Waals surface area contributed by atoms with Crippen molar-refractivity contribution in [2.24, 2.45) is 5.92 Å². The molecular weight excluding hydrogens is 436 g/mol. The number of benzene rings is 1. The minimum atomic E-state index is -0.254. The third-order valence-electron chi connectivity index (χ3n) is 5.99. The first-order valence-electron chi connectivity index (χ1n) is 12.1. The number of likely N-dealkylation sites (N-methyl/N-ethyl adjacent to an activating group) is 1. The Kier molecular flexibility index (Phi) is 10.6. The summed E-state index contributed by atoms with van der Waals surface area (Å²) in [5.74, 6) is 0.0733. The van der Waals surface area contributed by atoms with Crippen LogP contribution in [0.2, 0.25) is 0 Å². The van der Waals surface area contributed by atoms with Crippen molar-refractivity contribution in [3.8, 4) is 5.75 Å². The van der Waals surface area contributed by atoms with Crippen LogP contribution in [0, 0.1) is 5.92 Å². The van der Waals surface area contributed by atoms with Crippen LogP contribution < -0.4 is 15.4 Å². The summed E-state index contributed by atoms with van der Waals surface area (Å²) in [4.78, 5) is 41.6. The molecule has 0 unspecified atom stereocenters. The number of hydrogen-bond donors (Lipinski definition) is 2. The highest BCUT2D eigenvalue weighted by Gasteiger charge is 2.30. The average molecular weight is 477 g/mol. The van der Waals surface area contributed by atoms with Gasteiger partial charge in [-0.1, -0.05) is 20.8 Å². The van der Waals surface area contributed by atoms with Crippen molar-refractivity contribution in [3.05, 3.63) is 23.8 Å². The van der Waals surface area contributed by atoms with Crippen molar-refractivity contribution in [1.82, 2.24) is 15.1 Å². The van der Waals surface area contributed by atoms with Gasteiger partial charge >= 0.3 is 6.03 Å². The second-order valence-electron chi connectivity index (χ2n) is 8.99. The third kappa shape index (κ3) is 7.35. The summed E-state index contributed by atoms with van der Waals surface area (Å²) in [7, 11) is 3.35. The zero-order chi connectivity index (χ0) is 25.3. The molecule has 190 valence electrons. The molecule has 9 heteroatoms. The van der Waals surface area contributed by atoms with Crippen molar-refractivity contribution in [2.45, 2.75) is 59.1 Å². The van der Waals surface area contributed by atoms with Crippen LogP contribution in [0.1, 0.15) is 57.3 Å². The standard InChI is InChI=1S/C25H40N4O5/c1-7-9-23(30)27-19-10-11-20-21(13-19)34-16-18(4)29(25(32)26-12-8-2)14-17(3)22(33-6)15-28(5)24(20)31/h10-11,13,17-18,22H,7-9,12,14-16H2,1-6H3,(H,26,32)(H,27,30)/t17-,18+,22+/m0/s1. The number of nitrogens with zero attached hydrogens (tertiary/aromatic N) is 2. The number of methoxy groups -OCH3 is 1. The van der Waals surface area contributed by atoms with E-state index in [4.69, 9.17) is 9.47 Å². The summed E-state index contributed by atoms with van der Waals surface area (Å²) < 4.78 is 11.8. The first-order chi connectivity index (χ1) is 16.2. The first kappa shape index (κ1) is 27.4. The topological polar surface area (TPSA) is 100 Å². The van der Waals surface area contributed by atoms with E-state index in [9.17, 15) is 14.4 Å². The van der Waals surface area contributed by atoms with Crippen LogP contribution in [-0.4, -0.2) is 80.2 Å². The molecule has 1 aliphatic heterocycles. The van der Waals surface area contributed by atoms with E-state index >= 15 is 0 Å². The number of hydrogen-bond acceptors (Lipinski definition) is 5. The SMILES string of the molecule is CCCNC(=O)N1C[C@H](C)[C@H](OC)CN(C)C(=O)c2ccc(NC(=O)CCC)cc2OC[C@H]1C. The zero-order valence-corrected chi connectivity index (χ0v) is 21.3. The summed E-state index contributed by atoms with van der Waals surface area (Å²) in [6.07, 6.45) is 1.74. The van der Waals surface area contributed by atoms with Gasteiger partial charge in [-0.2, -0.15) is 0 Å². The maximum absolute atomic E-state index is 13.3. The van der Waals surface area contributed by atoms with Crippen molar-refractivity contribution < 1.29 is 23.9 Å². The van der Waals surface area contributed by atoms with E-state index in [1.54, 1.807) is 42.2 Å². The Morgan fingerprint density at radius 1 is 1.18 bits per heavy atom. The molecule has 0 saturated carbocycles. The van der Waals surface area contributed by atoms with E-state index < -0.39 is 0 Å². The number of carbonyl (C=O) groups excluding carboxylic acids is 3. The number of nitrogens with one attached hydrogen (secondary N) is 2. The summed E-state index contributed by atoms with van der Waals surface area (Å²) in [6, 6.07) is 4.64. The van der Waals surface area contributed by atoms with Gasteiger partial charge in [-0.25, -0.2) is 4.79 Å². The molecule has 4 amide bonds. The van der Waals surface area contributed by atoms with Crippen LogP contribution in [0.4, 0.5) is 10.5 Å². The van der Waals surface area contributed by atoms with E-state index in [1.165, 1.54) is 0 Å². The molecule has 9 nitrogen and oxygen atoms in total. The van der Waals surface area contributed by atoms with Gasteiger partial charge in [0.05, 0.1) is 17.7 Å². The van der Waals surface area contributed by atoms with Crippen LogP contribution in [0.25, 0.3) is 0 Å². The fourth-order valence-electron chi connectivity index (χ4n) is 3.92. The second-order valence-corrected chi connectivity index (χ2v) is 8.99. The van der Waals surface area contributed by atoms with Gasteiger partial charge in [0.25, 0.3) is 5.91 Å². The van der Waals surface area contributed by atoms with Gasteiger partial charge in [-0.3, -0.25) is 9.59 Å². The largest absolute Gasteiger partial charge is 0.491 e. The Labute approximate surface area is 203 Å². The highest BCUT2D eigenvalue weighted by molar-refractivity contribution is 5.98. The van der Waals surface area contributed by atoms with E-state index in [2.05, 4.69) is 10.6 Å². The van der Waals surface area contributed by atoms with E-state index in [0.29, 0.717) is 43.1 Å². The molecule has 0 fully saturated rings. The summed E-state index contributed by atoms with van der Waals surface area (Å²) in [5, 5.41) is 5.80. The van der Waals surface area contributed by atoms with Crippen LogP contribution in [0.5, 0.6) is 5.75 Å². The van der Waals surface area contributed by atoms with Crippen LogP contribution in [0.3, 0.4) is 0 Å². The van der Waals surface area contributed by atoms with Crippen LogP contribution in [-0.2, 0) is 9.53 Å². The van der Waals surface area contributed by atoms with E-state index in [0.717, 1.165) is 12.8 Å². The lowest BCUT2D eigenvalue weighted by atomic mass is 10.0. The zero-order valence-electron chi connectivity index (χ0n) is 21.3. The fraction of sp³-hybridized carbons (Fsp3) is 0.640. The van der Waals surface area contributed by atoms with Gasteiger partial charge in [0, 0.05) is 57.9 Å². The number of ether oxygens (including phenoxy) is 2. The quantitative estimate of drug-likeness (QED) is 0.656. The predicted molar refractivity (Wildman–Crippen MR) is 132 cm³/mol. The molecule has 0 saturated heterocycles. The monoisotopic (exact) mass is 476 g/mol. The molecule has 3 atom stereocenters. The lowest BCUT2D eigenvalue weighted by molar-refractivity contribution is -0.116. The fourth-order valence-corrected chi connectivity index (χ4v) is 3.92. The van der Waals surface area contributed by atoms with Crippen molar-refractivity contribution in [3.63, 3.8) is 0 Å². The number of fused-ring (bicyclic) bond motifs is 1. The van der Waals surface area contributed by atoms with Crippen molar-refractivity contribution in [1.29, 1.82) is 0 Å². The molecule has 0 bridgehead atoms. The molecular formula is C25H40N4O5. The van der Waals surface area contributed by atoms with E-state index in [1.807, 2.05) is 27.7 Å². The molecule has 2 rings (SSSR count). The Bertz CT molecular complexity index is 847. The number of anilines is 1. The van der Waals surface area contributed by atoms with Crippen molar-refractivity contribution in [2.75, 3.05) is 45.7 Å². The van der Waals surface area contributed by atoms with Crippen molar-refractivity contribution >= 4 is 23.5 Å². The Hall–Kier alpha value is -2.81. The lowest BCUT2D eigenvalue weighted by Gasteiger charge is -2.36. The average Bonchev–Trinajstić information content (AvgIpc) is 2.81. The molecule has 2 N–H and O–H groups in total. The molecule has 0 aliphatic carbocycles. The molecule has 0 spiro atoms. The Morgan fingerprint density at radius 3 is 2.56 bits per heavy atom. The molecule has 34 heavy (non-hydrogen) atoms. The first-order valence-corrected chi connectivity index (χ1v) is 12.1. The summed E-state index contributed by atoms with van der Waals surface area (Å²) in [5.41, 5.74) is 0.960. The highest BCUT2D eigenvalue weighted by atomic mass is 16.5.